The number of rotatable bonds is 8. The molecule has 0 aliphatic carbocycles. The third kappa shape index (κ3) is 5.47. The van der Waals surface area contributed by atoms with E-state index in [4.69, 9.17) is 21.1 Å². The van der Waals surface area contributed by atoms with Gasteiger partial charge in [0.2, 0.25) is 0 Å². The van der Waals surface area contributed by atoms with Crippen LogP contribution in [0.4, 0.5) is 0 Å². The lowest BCUT2D eigenvalue weighted by Gasteiger charge is -2.35. The van der Waals surface area contributed by atoms with Crippen molar-refractivity contribution in [2.45, 2.75) is 19.4 Å². The first-order valence-electron chi connectivity index (χ1n) is 9.76. The maximum absolute atomic E-state index is 12.7. The Morgan fingerprint density at radius 3 is 2.75 bits per heavy atom. The first-order valence-corrected chi connectivity index (χ1v) is 10.1. The largest absolute Gasteiger partial charge is 0.494 e. The molecule has 1 atom stereocenters. The Hall–Kier alpha value is -2.08. The van der Waals surface area contributed by atoms with Crippen LogP contribution in [0.25, 0.3) is 0 Å². The predicted molar refractivity (Wildman–Crippen MR) is 111 cm³/mol. The molecule has 2 aromatic rings. The number of hydrogen-bond donors (Lipinski definition) is 1. The zero-order valence-electron chi connectivity index (χ0n) is 16.2. The molecule has 150 valence electrons. The lowest BCUT2D eigenvalue weighted by atomic mass is 10.0. The number of nitrogens with one attached hydrogen (secondary N) is 1. The van der Waals surface area contributed by atoms with Crippen molar-refractivity contribution in [3.8, 4) is 5.75 Å². The average molecular weight is 403 g/mol. The summed E-state index contributed by atoms with van der Waals surface area (Å²) >= 11 is 6.45. The molecule has 6 heteroatoms. The Labute approximate surface area is 171 Å². The number of benzene rings is 2. The Morgan fingerprint density at radius 1 is 1.21 bits per heavy atom. The Balaban J connectivity index is 1.71. The molecule has 1 aliphatic heterocycles. The van der Waals surface area contributed by atoms with Gasteiger partial charge in [-0.3, -0.25) is 9.69 Å². The normalized spacial score (nSPS) is 15.8. The zero-order valence-corrected chi connectivity index (χ0v) is 17.0. The van der Waals surface area contributed by atoms with Crippen molar-refractivity contribution < 1.29 is 14.3 Å². The minimum atomic E-state index is -0.118. The first-order chi connectivity index (χ1) is 13.7. The molecular weight excluding hydrogens is 376 g/mol. The van der Waals surface area contributed by atoms with Crippen molar-refractivity contribution in [1.82, 2.24) is 10.2 Å². The summed E-state index contributed by atoms with van der Waals surface area (Å²) in [7, 11) is 0. The molecule has 0 radical (unpaired) electrons. The van der Waals surface area contributed by atoms with Crippen molar-refractivity contribution >= 4 is 17.5 Å². The fraction of sp³-hybridized carbons (Fsp3) is 0.409. The lowest BCUT2D eigenvalue weighted by Crippen LogP contribution is -2.44. The van der Waals surface area contributed by atoms with Gasteiger partial charge in [0.15, 0.2) is 0 Å². The second-order valence-electron chi connectivity index (χ2n) is 6.77. The molecular formula is C22H27ClN2O3. The van der Waals surface area contributed by atoms with E-state index in [1.807, 2.05) is 36.4 Å². The molecule has 0 aromatic heterocycles. The van der Waals surface area contributed by atoms with Crippen LogP contribution < -0.4 is 10.1 Å². The van der Waals surface area contributed by atoms with Crippen LogP contribution in [-0.4, -0.2) is 50.3 Å². The topological polar surface area (TPSA) is 50.8 Å². The summed E-state index contributed by atoms with van der Waals surface area (Å²) in [5, 5.41) is 3.78. The molecule has 5 nitrogen and oxygen atoms in total. The summed E-state index contributed by atoms with van der Waals surface area (Å²) in [4.78, 5) is 15.0. The van der Waals surface area contributed by atoms with Gasteiger partial charge in [-0.1, -0.05) is 42.8 Å². The van der Waals surface area contributed by atoms with Gasteiger partial charge in [0, 0.05) is 30.2 Å². The van der Waals surface area contributed by atoms with Gasteiger partial charge in [-0.2, -0.15) is 0 Å². The van der Waals surface area contributed by atoms with E-state index in [0.29, 0.717) is 42.7 Å². The smallest absolute Gasteiger partial charge is 0.251 e. The quantitative estimate of drug-likeness (QED) is 0.726. The van der Waals surface area contributed by atoms with Gasteiger partial charge >= 0.3 is 0 Å². The van der Waals surface area contributed by atoms with Crippen LogP contribution in [0.3, 0.4) is 0 Å². The fourth-order valence-corrected chi connectivity index (χ4v) is 3.57. The summed E-state index contributed by atoms with van der Waals surface area (Å²) in [5.41, 5.74) is 1.61. The molecule has 0 saturated carbocycles. The second-order valence-corrected chi connectivity index (χ2v) is 7.18. The number of carbonyl (C=O) groups excluding carboxylic acids is 1. The predicted octanol–water partition coefficient (Wildman–Crippen LogP) is 3.93. The van der Waals surface area contributed by atoms with Crippen molar-refractivity contribution in [1.29, 1.82) is 0 Å². The highest BCUT2D eigenvalue weighted by molar-refractivity contribution is 6.31. The summed E-state index contributed by atoms with van der Waals surface area (Å²) < 4.78 is 11.1. The van der Waals surface area contributed by atoms with E-state index in [1.54, 1.807) is 12.1 Å². The summed E-state index contributed by atoms with van der Waals surface area (Å²) in [6.45, 7) is 6.16. The Bertz CT molecular complexity index is 778. The van der Waals surface area contributed by atoms with Gasteiger partial charge in [-0.25, -0.2) is 0 Å². The van der Waals surface area contributed by atoms with Crippen LogP contribution >= 0.6 is 11.6 Å². The lowest BCUT2D eigenvalue weighted by molar-refractivity contribution is 0.0162. The maximum atomic E-state index is 12.7. The standard InChI is InChI=1S/C22H27ClN2O3/c1-2-12-28-18-7-5-6-17(15-18)22(26)24-16-21(25-10-13-27-14-11-25)19-8-3-4-9-20(19)23/h3-9,15,21H,2,10-14,16H2,1H3,(H,24,26). The van der Waals surface area contributed by atoms with Crippen molar-refractivity contribution in [3.05, 3.63) is 64.7 Å². The molecule has 1 N–H and O–H groups in total. The molecule has 2 aromatic carbocycles. The third-order valence-electron chi connectivity index (χ3n) is 4.78. The molecule has 1 fully saturated rings. The number of hydrogen-bond acceptors (Lipinski definition) is 4. The number of halogens is 1. The zero-order chi connectivity index (χ0) is 19.8. The monoisotopic (exact) mass is 402 g/mol. The van der Waals surface area contributed by atoms with E-state index in [9.17, 15) is 4.79 Å². The van der Waals surface area contributed by atoms with Gasteiger partial charge in [-0.05, 0) is 36.2 Å². The van der Waals surface area contributed by atoms with Crippen LogP contribution in [0.5, 0.6) is 5.75 Å². The second kappa shape index (κ2) is 10.5. The molecule has 3 rings (SSSR count). The molecule has 1 aliphatic rings. The van der Waals surface area contributed by atoms with Gasteiger partial charge in [0.05, 0.1) is 25.9 Å². The van der Waals surface area contributed by atoms with Gasteiger partial charge in [-0.15, -0.1) is 0 Å². The molecule has 28 heavy (non-hydrogen) atoms. The minimum Gasteiger partial charge on any atom is -0.494 e. The highest BCUT2D eigenvalue weighted by Crippen LogP contribution is 2.28. The van der Waals surface area contributed by atoms with Crippen LogP contribution in [0, 0.1) is 0 Å². The van der Waals surface area contributed by atoms with Crippen LogP contribution in [0.2, 0.25) is 5.02 Å². The van der Waals surface area contributed by atoms with E-state index in [0.717, 1.165) is 25.1 Å². The van der Waals surface area contributed by atoms with Crippen LogP contribution in [0.15, 0.2) is 48.5 Å². The van der Waals surface area contributed by atoms with Crippen molar-refractivity contribution in [2.24, 2.45) is 0 Å². The first kappa shape index (κ1) is 20.6. The Kier molecular flexibility index (Phi) is 7.71. The fourth-order valence-electron chi connectivity index (χ4n) is 3.31. The molecule has 1 amide bonds. The molecule has 0 spiro atoms. The number of carbonyl (C=O) groups is 1. The van der Waals surface area contributed by atoms with Crippen LogP contribution in [0.1, 0.15) is 35.3 Å². The average Bonchev–Trinajstić information content (AvgIpc) is 2.74. The number of morpholine rings is 1. The SMILES string of the molecule is CCCOc1cccc(C(=O)NCC(c2ccccc2Cl)N2CCOCC2)c1. The van der Waals surface area contributed by atoms with E-state index in [-0.39, 0.29) is 11.9 Å². The van der Waals surface area contributed by atoms with Crippen LogP contribution in [-0.2, 0) is 4.74 Å². The number of nitrogens with zero attached hydrogens (tertiary/aromatic N) is 1. The molecule has 1 unspecified atom stereocenters. The van der Waals surface area contributed by atoms with Gasteiger partial charge in [0.25, 0.3) is 5.91 Å². The summed E-state index contributed by atoms with van der Waals surface area (Å²) in [5.74, 6) is 0.595. The maximum Gasteiger partial charge on any atom is 0.251 e. The van der Waals surface area contributed by atoms with Gasteiger partial charge in [0.1, 0.15) is 5.75 Å². The van der Waals surface area contributed by atoms with E-state index < -0.39 is 0 Å². The highest BCUT2D eigenvalue weighted by atomic mass is 35.5. The van der Waals surface area contributed by atoms with E-state index in [2.05, 4.69) is 17.1 Å². The number of amides is 1. The van der Waals surface area contributed by atoms with Crippen molar-refractivity contribution in [3.63, 3.8) is 0 Å². The highest BCUT2D eigenvalue weighted by Gasteiger charge is 2.25. The number of ether oxygens (including phenoxy) is 2. The van der Waals surface area contributed by atoms with E-state index in [1.165, 1.54) is 0 Å². The third-order valence-corrected chi connectivity index (χ3v) is 5.12. The molecule has 1 saturated heterocycles. The minimum absolute atomic E-state index is 0.000994. The van der Waals surface area contributed by atoms with E-state index >= 15 is 0 Å². The van der Waals surface area contributed by atoms with Gasteiger partial charge < -0.3 is 14.8 Å². The molecule has 0 bridgehead atoms. The Morgan fingerprint density at radius 2 is 2.00 bits per heavy atom. The summed E-state index contributed by atoms with van der Waals surface area (Å²) in [6, 6.07) is 15.1. The van der Waals surface area contributed by atoms with Crippen molar-refractivity contribution in [2.75, 3.05) is 39.5 Å². The summed E-state index contributed by atoms with van der Waals surface area (Å²) in [6.07, 6.45) is 0.926. The molecule has 1 heterocycles.